The van der Waals surface area contributed by atoms with Gasteiger partial charge in [-0.05, 0) is 47.2 Å². The molecule has 1 heterocycles. The van der Waals surface area contributed by atoms with Crippen molar-refractivity contribution in [2.45, 2.75) is 0 Å². The van der Waals surface area contributed by atoms with Crippen LogP contribution in [0.3, 0.4) is 0 Å². The van der Waals surface area contributed by atoms with E-state index in [1.165, 1.54) is 0 Å². The fourth-order valence-electron chi connectivity index (χ4n) is 3.04. The summed E-state index contributed by atoms with van der Waals surface area (Å²) in [5.74, 6) is 4.16. The second-order valence-electron chi connectivity index (χ2n) is 6.74. The van der Waals surface area contributed by atoms with E-state index in [9.17, 15) is 9.59 Å². The third-order valence-electron chi connectivity index (χ3n) is 4.55. The highest BCUT2D eigenvalue weighted by Gasteiger charge is 2.19. The third kappa shape index (κ3) is 4.75. The molecule has 0 aliphatic rings. The summed E-state index contributed by atoms with van der Waals surface area (Å²) in [5.41, 5.74) is 7.30. The Hall–Kier alpha value is -4.19. The topological polar surface area (TPSA) is 117 Å². The van der Waals surface area contributed by atoms with Crippen LogP contribution in [0.1, 0.15) is 26.4 Å². The molecule has 0 spiro atoms. The van der Waals surface area contributed by atoms with E-state index >= 15 is 0 Å². The van der Waals surface area contributed by atoms with Gasteiger partial charge in [0.2, 0.25) is 0 Å². The number of nitrogens with zero attached hydrogens (tertiary/aromatic N) is 1. The van der Waals surface area contributed by atoms with Crippen LogP contribution in [-0.2, 0) is 0 Å². The summed E-state index contributed by atoms with van der Waals surface area (Å²) in [5, 5.41) is 17.5. The van der Waals surface area contributed by atoms with E-state index in [0.29, 0.717) is 16.3 Å². The van der Waals surface area contributed by atoms with Crippen LogP contribution >= 0.6 is 11.3 Å². The molecule has 4 rings (SSSR count). The van der Waals surface area contributed by atoms with Gasteiger partial charge < -0.3 is 21.5 Å². The first kappa shape index (κ1) is 21.1. The summed E-state index contributed by atoms with van der Waals surface area (Å²) < 4.78 is 0. The number of thiazole rings is 1. The maximum atomic E-state index is 12.6. The number of aromatic nitrogens is 1. The fourth-order valence-corrected chi connectivity index (χ4v) is 3.92. The van der Waals surface area contributed by atoms with Crippen LogP contribution in [-0.4, -0.2) is 28.5 Å². The van der Waals surface area contributed by atoms with E-state index in [4.69, 9.17) is 10.8 Å². The number of carbonyl (C=O) groups excluding carboxylic acids is 2. The SMILES string of the molecule is NC(=O)c1nc(Nc2ccc3ccccc3c2)sc1NC(=O)c1ccc(C#CCO)cc1. The number of aliphatic hydroxyl groups is 1. The molecular formula is C24H18N4O3S. The highest BCUT2D eigenvalue weighted by Crippen LogP contribution is 2.31. The van der Waals surface area contributed by atoms with Gasteiger partial charge in [-0.3, -0.25) is 9.59 Å². The van der Waals surface area contributed by atoms with Gasteiger partial charge in [0.1, 0.15) is 11.6 Å². The zero-order valence-electron chi connectivity index (χ0n) is 16.8. The number of nitrogens with one attached hydrogen (secondary N) is 2. The molecule has 0 atom stereocenters. The molecule has 0 saturated heterocycles. The highest BCUT2D eigenvalue weighted by atomic mass is 32.1. The van der Waals surface area contributed by atoms with Crippen molar-refractivity contribution in [3.05, 3.63) is 83.6 Å². The highest BCUT2D eigenvalue weighted by molar-refractivity contribution is 7.20. The Labute approximate surface area is 187 Å². The van der Waals surface area contributed by atoms with Crippen molar-refractivity contribution in [1.82, 2.24) is 4.98 Å². The quantitative estimate of drug-likeness (QED) is 0.351. The molecule has 7 nitrogen and oxygen atoms in total. The largest absolute Gasteiger partial charge is 0.384 e. The number of hydrogen-bond donors (Lipinski definition) is 4. The van der Waals surface area contributed by atoms with Gasteiger partial charge in [-0.2, -0.15) is 0 Å². The van der Waals surface area contributed by atoms with Gasteiger partial charge in [0.25, 0.3) is 11.8 Å². The zero-order valence-corrected chi connectivity index (χ0v) is 17.6. The lowest BCUT2D eigenvalue weighted by atomic mass is 10.1. The van der Waals surface area contributed by atoms with Crippen molar-refractivity contribution in [3.8, 4) is 11.8 Å². The van der Waals surface area contributed by atoms with E-state index < -0.39 is 11.8 Å². The van der Waals surface area contributed by atoms with Crippen molar-refractivity contribution < 1.29 is 14.7 Å². The number of aliphatic hydroxyl groups excluding tert-OH is 1. The Morgan fingerprint density at radius 1 is 1.03 bits per heavy atom. The minimum atomic E-state index is -0.738. The molecule has 0 unspecified atom stereocenters. The number of fused-ring (bicyclic) bond motifs is 1. The van der Waals surface area contributed by atoms with Crippen LogP contribution in [0, 0.1) is 11.8 Å². The van der Waals surface area contributed by atoms with Gasteiger partial charge in [0, 0.05) is 16.8 Å². The van der Waals surface area contributed by atoms with E-state index in [2.05, 4.69) is 27.5 Å². The van der Waals surface area contributed by atoms with Crippen molar-refractivity contribution in [2.24, 2.45) is 5.73 Å². The maximum absolute atomic E-state index is 12.6. The second-order valence-corrected chi connectivity index (χ2v) is 7.74. The van der Waals surface area contributed by atoms with Crippen molar-refractivity contribution in [3.63, 3.8) is 0 Å². The lowest BCUT2D eigenvalue weighted by Crippen LogP contribution is -2.17. The molecule has 4 aromatic rings. The first-order chi connectivity index (χ1) is 15.5. The van der Waals surface area contributed by atoms with Crippen LogP contribution < -0.4 is 16.4 Å². The van der Waals surface area contributed by atoms with Crippen LogP contribution in [0.5, 0.6) is 0 Å². The smallest absolute Gasteiger partial charge is 0.270 e. The minimum Gasteiger partial charge on any atom is -0.384 e. The molecule has 0 aliphatic heterocycles. The van der Waals surface area contributed by atoms with Gasteiger partial charge in [0.05, 0.1) is 0 Å². The van der Waals surface area contributed by atoms with E-state index in [1.807, 2.05) is 42.5 Å². The van der Waals surface area contributed by atoms with Crippen LogP contribution in [0.15, 0.2) is 66.7 Å². The fraction of sp³-hybridized carbons (Fsp3) is 0.0417. The monoisotopic (exact) mass is 442 g/mol. The number of rotatable bonds is 5. The Morgan fingerprint density at radius 2 is 1.78 bits per heavy atom. The molecule has 0 radical (unpaired) electrons. The average Bonchev–Trinajstić information content (AvgIpc) is 3.20. The summed E-state index contributed by atoms with van der Waals surface area (Å²) in [7, 11) is 0. The number of primary amides is 1. The van der Waals surface area contributed by atoms with E-state index in [1.54, 1.807) is 24.3 Å². The predicted molar refractivity (Wildman–Crippen MR) is 126 cm³/mol. The van der Waals surface area contributed by atoms with Gasteiger partial charge >= 0.3 is 0 Å². The summed E-state index contributed by atoms with van der Waals surface area (Å²) >= 11 is 1.12. The van der Waals surface area contributed by atoms with Gasteiger partial charge in [-0.15, -0.1) is 0 Å². The number of nitrogens with two attached hydrogens (primary N) is 1. The van der Waals surface area contributed by atoms with E-state index in [-0.39, 0.29) is 17.3 Å². The summed E-state index contributed by atoms with van der Waals surface area (Å²) in [6, 6.07) is 20.4. The maximum Gasteiger partial charge on any atom is 0.270 e. The summed E-state index contributed by atoms with van der Waals surface area (Å²) in [4.78, 5) is 28.8. The Balaban J connectivity index is 1.54. The standard InChI is InChI=1S/C24H18N4O3S/c25-21(30)20-23(28-22(31)17-9-7-15(8-10-17)4-3-13-29)32-24(27-20)26-19-12-11-16-5-1-2-6-18(16)14-19/h1-2,5-12,14,29H,13H2,(H2,25,30)(H,26,27)(H,28,31). The van der Waals surface area contributed by atoms with Crippen LogP contribution in [0.25, 0.3) is 10.8 Å². The third-order valence-corrected chi connectivity index (χ3v) is 5.43. The molecule has 0 aliphatic carbocycles. The molecule has 0 bridgehead atoms. The Kier molecular flexibility index (Phi) is 6.12. The molecule has 158 valence electrons. The number of carbonyl (C=O) groups is 2. The minimum absolute atomic E-state index is 0.0166. The van der Waals surface area contributed by atoms with Crippen molar-refractivity contribution in [2.75, 3.05) is 17.2 Å². The first-order valence-electron chi connectivity index (χ1n) is 9.61. The predicted octanol–water partition coefficient (Wildman–Crippen LogP) is 3.73. The molecule has 0 saturated carbocycles. The van der Waals surface area contributed by atoms with E-state index in [0.717, 1.165) is 27.8 Å². The molecular weight excluding hydrogens is 424 g/mol. The Morgan fingerprint density at radius 3 is 2.50 bits per heavy atom. The molecule has 0 fully saturated rings. The second kappa shape index (κ2) is 9.31. The van der Waals surface area contributed by atoms with Crippen LogP contribution in [0.2, 0.25) is 0 Å². The van der Waals surface area contributed by atoms with Gasteiger partial charge in [-0.25, -0.2) is 4.98 Å². The lowest BCUT2D eigenvalue weighted by Gasteiger charge is -2.04. The van der Waals surface area contributed by atoms with Crippen molar-refractivity contribution in [1.29, 1.82) is 0 Å². The molecule has 2 amide bonds. The summed E-state index contributed by atoms with van der Waals surface area (Å²) in [6.45, 7) is -0.237. The number of hydrogen-bond acceptors (Lipinski definition) is 6. The molecule has 8 heteroatoms. The molecule has 32 heavy (non-hydrogen) atoms. The number of amides is 2. The molecule has 1 aromatic heterocycles. The first-order valence-corrected chi connectivity index (χ1v) is 10.4. The Bertz CT molecular complexity index is 1370. The number of benzene rings is 3. The lowest BCUT2D eigenvalue weighted by molar-refractivity contribution is 0.0997. The molecule has 5 N–H and O–H groups in total. The normalized spacial score (nSPS) is 10.3. The number of anilines is 3. The average molecular weight is 443 g/mol. The van der Waals surface area contributed by atoms with Crippen LogP contribution in [0.4, 0.5) is 15.8 Å². The van der Waals surface area contributed by atoms with Crippen molar-refractivity contribution >= 4 is 49.7 Å². The van der Waals surface area contributed by atoms with Gasteiger partial charge in [-0.1, -0.05) is 53.5 Å². The summed E-state index contributed by atoms with van der Waals surface area (Å²) in [6.07, 6.45) is 0. The molecule has 3 aromatic carbocycles. The zero-order chi connectivity index (χ0) is 22.5. The van der Waals surface area contributed by atoms with Gasteiger partial charge in [0.15, 0.2) is 10.8 Å².